The Morgan fingerprint density at radius 2 is 1.64 bits per heavy atom. The number of fused-ring (bicyclic) bond motifs is 1. The maximum Gasteiger partial charge on any atom is 0.262 e. The maximum atomic E-state index is 13.0. The zero-order chi connectivity index (χ0) is 18.0. The maximum absolute atomic E-state index is 13.0. The quantitative estimate of drug-likeness (QED) is 0.515. The van der Waals surface area contributed by atoms with Crippen molar-refractivity contribution in [3.63, 3.8) is 0 Å². The largest absolute Gasteiger partial charge is 0.280 e. The summed E-state index contributed by atoms with van der Waals surface area (Å²) in [7, 11) is -3.64. The molecule has 0 aromatic heterocycles. The minimum atomic E-state index is -3.64. The molecule has 0 atom stereocenters. The normalized spacial score (nSPS) is 11.6. The first-order valence-electron chi connectivity index (χ1n) is 8.28. The summed E-state index contributed by atoms with van der Waals surface area (Å²) in [6.07, 6.45) is 1.54. The van der Waals surface area contributed by atoms with Crippen molar-refractivity contribution in [2.24, 2.45) is 0 Å². The molecule has 3 rings (SSSR count). The highest BCUT2D eigenvalue weighted by molar-refractivity contribution is 14.1. The molecule has 0 bridgehead atoms. The van der Waals surface area contributed by atoms with E-state index in [4.69, 9.17) is 0 Å². The van der Waals surface area contributed by atoms with Crippen molar-refractivity contribution in [2.75, 3.05) is 4.72 Å². The van der Waals surface area contributed by atoms with E-state index in [2.05, 4.69) is 40.3 Å². The number of halogens is 1. The van der Waals surface area contributed by atoms with Gasteiger partial charge in [0.2, 0.25) is 0 Å². The molecule has 130 valence electrons. The highest BCUT2D eigenvalue weighted by Gasteiger charge is 2.20. The van der Waals surface area contributed by atoms with Crippen molar-refractivity contribution in [1.29, 1.82) is 0 Å². The molecule has 0 aliphatic carbocycles. The van der Waals surface area contributed by atoms with Crippen molar-refractivity contribution < 1.29 is 8.42 Å². The number of hydrogen-bond donors (Lipinski definition) is 1. The Balaban J connectivity index is 2.15. The average molecular weight is 465 g/mol. The molecular formula is C20H20INO2S. The zero-order valence-electron chi connectivity index (χ0n) is 14.2. The summed E-state index contributed by atoms with van der Waals surface area (Å²) in [5.41, 5.74) is 2.64. The Bertz CT molecular complexity index is 1010. The third-order valence-electron chi connectivity index (χ3n) is 4.32. The summed E-state index contributed by atoms with van der Waals surface area (Å²) < 4.78 is 29.8. The molecule has 0 saturated heterocycles. The fourth-order valence-electron chi connectivity index (χ4n) is 3.14. The van der Waals surface area contributed by atoms with Crippen molar-refractivity contribution in [1.82, 2.24) is 0 Å². The standard InChI is InChI=1S/C20H20INO2S/c1-3-14-6-5-7-15-8-13-19(18(4-2)20(14)15)25(23,24)22-17-11-9-16(21)10-12-17/h5-13,22H,3-4H2,1-2H3. The van der Waals surface area contributed by atoms with Gasteiger partial charge in [-0.2, -0.15) is 0 Å². The summed E-state index contributed by atoms with van der Waals surface area (Å²) in [6, 6.07) is 17.1. The second-order valence-corrected chi connectivity index (χ2v) is 8.77. The van der Waals surface area contributed by atoms with E-state index in [0.29, 0.717) is 17.0 Å². The molecule has 0 heterocycles. The first kappa shape index (κ1) is 18.2. The van der Waals surface area contributed by atoms with E-state index in [1.165, 1.54) is 5.56 Å². The molecule has 3 nitrogen and oxygen atoms in total. The van der Waals surface area contributed by atoms with Crippen LogP contribution in [-0.4, -0.2) is 8.42 Å². The average Bonchev–Trinajstić information content (AvgIpc) is 2.61. The molecule has 3 aromatic carbocycles. The minimum absolute atomic E-state index is 0.363. The smallest absolute Gasteiger partial charge is 0.262 e. The number of nitrogens with one attached hydrogen (secondary N) is 1. The molecule has 0 fully saturated rings. The highest BCUT2D eigenvalue weighted by atomic mass is 127. The van der Waals surface area contributed by atoms with Gasteiger partial charge < -0.3 is 0 Å². The number of sulfonamides is 1. The fraction of sp³-hybridized carbons (Fsp3) is 0.200. The lowest BCUT2D eigenvalue weighted by atomic mass is 9.96. The zero-order valence-corrected chi connectivity index (χ0v) is 17.2. The number of aryl methyl sites for hydroxylation is 2. The van der Waals surface area contributed by atoms with Crippen LogP contribution in [0.1, 0.15) is 25.0 Å². The lowest BCUT2D eigenvalue weighted by Crippen LogP contribution is -2.15. The van der Waals surface area contributed by atoms with Crippen molar-refractivity contribution in [3.05, 3.63) is 69.3 Å². The molecule has 5 heteroatoms. The van der Waals surface area contributed by atoms with E-state index in [0.717, 1.165) is 26.3 Å². The van der Waals surface area contributed by atoms with Gasteiger partial charge in [-0.3, -0.25) is 4.72 Å². The van der Waals surface area contributed by atoms with Crippen LogP contribution in [0, 0.1) is 3.57 Å². The van der Waals surface area contributed by atoms with E-state index in [9.17, 15) is 8.42 Å². The van der Waals surface area contributed by atoms with Gasteiger partial charge in [0.15, 0.2) is 0 Å². The number of anilines is 1. The molecule has 0 unspecified atom stereocenters. The van der Waals surface area contributed by atoms with Crippen LogP contribution in [0.25, 0.3) is 10.8 Å². The third kappa shape index (κ3) is 3.67. The van der Waals surface area contributed by atoms with E-state index in [1.54, 1.807) is 18.2 Å². The molecule has 1 N–H and O–H groups in total. The van der Waals surface area contributed by atoms with E-state index < -0.39 is 10.0 Å². The Morgan fingerprint density at radius 3 is 2.28 bits per heavy atom. The molecule has 3 aromatic rings. The van der Waals surface area contributed by atoms with Gasteiger partial charge in [-0.1, -0.05) is 38.1 Å². The summed E-state index contributed by atoms with van der Waals surface area (Å²) in [6.45, 7) is 4.10. The lowest BCUT2D eigenvalue weighted by Gasteiger charge is -2.16. The Hall–Kier alpha value is -1.60. The second kappa shape index (κ2) is 7.33. The molecule has 0 spiro atoms. The Kier molecular flexibility index (Phi) is 5.34. The van der Waals surface area contributed by atoms with E-state index in [-0.39, 0.29) is 0 Å². The Morgan fingerprint density at radius 1 is 0.920 bits per heavy atom. The molecule has 0 aliphatic rings. The van der Waals surface area contributed by atoms with Gasteiger partial charge in [0.1, 0.15) is 0 Å². The van der Waals surface area contributed by atoms with Crippen molar-refractivity contribution >= 4 is 49.1 Å². The lowest BCUT2D eigenvalue weighted by molar-refractivity contribution is 0.600. The van der Waals surface area contributed by atoms with Crippen LogP contribution >= 0.6 is 22.6 Å². The van der Waals surface area contributed by atoms with Crippen LogP contribution in [-0.2, 0) is 22.9 Å². The summed E-state index contributed by atoms with van der Waals surface area (Å²) >= 11 is 2.20. The predicted octanol–water partition coefficient (Wildman–Crippen LogP) is 5.37. The SMILES string of the molecule is CCc1cccc2ccc(S(=O)(=O)Nc3ccc(I)cc3)c(CC)c12. The van der Waals surface area contributed by atoms with Crippen molar-refractivity contribution in [3.8, 4) is 0 Å². The van der Waals surface area contributed by atoms with Gasteiger partial charge in [-0.05, 0) is 87.7 Å². The molecule has 0 aliphatic heterocycles. The minimum Gasteiger partial charge on any atom is -0.280 e. The van der Waals surface area contributed by atoms with E-state index in [1.807, 2.05) is 37.3 Å². The first-order valence-corrected chi connectivity index (χ1v) is 10.8. The number of rotatable bonds is 5. The monoisotopic (exact) mass is 465 g/mol. The van der Waals surface area contributed by atoms with E-state index >= 15 is 0 Å². The molecular weight excluding hydrogens is 445 g/mol. The number of benzene rings is 3. The summed E-state index contributed by atoms with van der Waals surface area (Å²) in [5.74, 6) is 0. The third-order valence-corrected chi connectivity index (χ3v) is 6.50. The van der Waals surface area contributed by atoms with Gasteiger partial charge in [-0.15, -0.1) is 0 Å². The van der Waals surface area contributed by atoms with Gasteiger partial charge in [0.05, 0.1) is 4.90 Å². The van der Waals surface area contributed by atoms with Crippen LogP contribution in [0.4, 0.5) is 5.69 Å². The predicted molar refractivity (Wildman–Crippen MR) is 113 cm³/mol. The van der Waals surface area contributed by atoms with Gasteiger partial charge in [-0.25, -0.2) is 8.42 Å². The molecule has 0 radical (unpaired) electrons. The molecule has 0 amide bonds. The summed E-state index contributed by atoms with van der Waals surface area (Å²) in [4.78, 5) is 0.363. The Labute approximate surface area is 162 Å². The second-order valence-electron chi connectivity index (χ2n) is 5.88. The van der Waals surface area contributed by atoms with Crippen LogP contribution in [0.15, 0.2) is 59.5 Å². The fourth-order valence-corrected chi connectivity index (χ4v) is 4.88. The number of hydrogen-bond acceptors (Lipinski definition) is 2. The van der Waals surface area contributed by atoms with Crippen molar-refractivity contribution in [2.45, 2.75) is 31.6 Å². The van der Waals surface area contributed by atoms with Crippen LogP contribution in [0.2, 0.25) is 0 Å². The molecule has 25 heavy (non-hydrogen) atoms. The molecule has 0 saturated carbocycles. The summed E-state index contributed by atoms with van der Waals surface area (Å²) in [5, 5.41) is 2.15. The van der Waals surface area contributed by atoms with Gasteiger partial charge in [0.25, 0.3) is 10.0 Å². The highest BCUT2D eigenvalue weighted by Crippen LogP contribution is 2.30. The van der Waals surface area contributed by atoms with Gasteiger partial charge in [0, 0.05) is 9.26 Å². The topological polar surface area (TPSA) is 46.2 Å². The van der Waals surface area contributed by atoms with Crippen LogP contribution < -0.4 is 4.72 Å². The van der Waals surface area contributed by atoms with Crippen LogP contribution in [0.3, 0.4) is 0 Å². The van der Waals surface area contributed by atoms with Crippen LogP contribution in [0.5, 0.6) is 0 Å². The van der Waals surface area contributed by atoms with Gasteiger partial charge >= 0.3 is 0 Å². The first-order chi connectivity index (χ1) is 12.0.